The Balaban J connectivity index is 1.26. The van der Waals surface area contributed by atoms with Crippen LogP contribution in [0.25, 0.3) is 0 Å². The number of benzene rings is 6. The summed E-state index contributed by atoms with van der Waals surface area (Å²) >= 11 is 0. The minimum Gasteiger partial charge on any atom is -0.114 e. The van der Waals surface area contributed by atoms with Crippen LogP contribution in [-0.4, -0.2) is 16.1 Å². The van der Waals surface area contributed by atoms with E-state index in [0.717, 1.165) is 25.7 Å². The van der Waals surface area contributed by atoms with Crippen molar-refractivity contribution < 1.29 is 0 Å². The summed E-state index contributed by atoms with van der Waals surface area (Å²) in [6.07, 6.45) is 3.78. The number of rotatable bonds is 9. The highest BCUT2D eigenvalue weighted by Crippen LogP contribution is 2.10. The lowest BCUT2D eigenvalue weighted by molar-refractivity contribution is 0.783. The van der Waals surface area contributed by atoms with E-state index in [1.165, 1.54) is 31.1 Å². The Hall–Kier alpha value is -5.13. The van der Waals surface area contributed by atoms with Gasteiger partial charge in [0, 0.05) is 12.8 Å². The van der Waals surface area contributed by atoms with Crippen molar-refractivity contribution in [3.8, 4) is 22.9 Å². The third-order valence-electron chi connectivity index (χ3n) is 8.65. The van der Waals surface area contributed by atoms with Crippen LogP contribution in [0.1, 0.15) is 25.7 Å². The van der Waals surface area contributed by atoms with E-state index >= 15 is 0 Å². The summed E-state index contributed by atoms with van der Waals surface area (Å²) in [7, 11) is -5.04. The Bertz CT molecular complexity index is 1580. The Morgan fingerprint density at radius 3 is 0.674 bits per heavy atom. The summed E-state index contributed by atoms with van der Waals surface area (Å²) in [6, 6.07) is 65.5. The van der Waals surface area contributed by atoms with Gasteiger partial charge in [-0.05, 0) is 44.0 Å². The van der Waals surface area contributed by atoms with Crippen molar-refractivity contribution in [2.45, 2.75) is 25.7 Å². The van der Waals surface area contributed by atoms with E-state index in [1.54, 1.807) is 0 Å². The zero-order chi connectivity index (χ0) is 31.3. The van der Waals surface area contributed by atoms with Crippen LogP contribution in [0, 0.1) is 22.9 Å². The van der Waals surface area contributed by atoms with Crippen molar-refractivity contribution in [2.24, 2.45) is 0 Å². The van der Waals surface area contributed by atoms with Crippen molar-refractivity contribution in [1.29, 1.82) is 0 Å². The van der Waals surface area contributed by atoms with Gasteiger partial charge in [0.15, 0.2) is 0 Å². The van der Waals surface area contributed by atoms with Gasteiger partial charge in [0.25, 0.3) is 0 Å². The molecule has 0 bridgehead atoms. The topological polar surface area (TPSA) is 0 Å². The first kappa shape index (κ1) is 30.9. The molecule has 0 aliphatic heterocycles. The van der Waals surface area contributed by atoms with E-state index in [-0.39, 0.29) is 0 Å². The van der Waals surface area contributed by atoms with Crippen LogP contribution in [0.2, 0.25) is 0 Å². The lowest BCUT2D eigenvalue weighted by atomic mass is 10.2. The molecule has 0 saturated heterocycles. The number of hydrogen-bond donors (Lipinski definition) is 0. The van der Waals surface area contributed by atoms with Crippen LogP contribution in [0.15, 0.2) is 182 Å². The third kappa shape index (κ3) is 6.61. The van der Waals surface area contributed by atoms with Gasteiger partial charge in [-0.1, -0.05) is 182 Å². The van der Waals surface area contributed by atoms with Crippen molar-refractivity contribution in [3.63, 3.8) is 0 Å². The average molecular weight is 623 g/mol. The number of unbranched alkanes of at least 4 members (excludes halogenated alkanes) is 3. The van der Waals surface area contributed by atoms with Crippen LogP contribution in [0.5, 0.6) is 0 Å². The van der Waals surface area contributed by atoms with E-state index in [9.17, 15) is 0 Å². The zero-order valence-electron chi connectivity index (χ0n) is 26.1. The van der Waals surface area contributed by atoms with Crippen molar-refractivity contribution in [1.82, 2.24) is 0 Å². The Morgan fingerprint density at radius 2 is 0.478 bits per heavy atom. The highest BCUT2D eigenvalue weighted by atomic mass is 28.3. The summed E-state index contributed by atoms with van der Waals surface area (Å²) < 4.78 is 0. The molecule has 0 unspecified atom stereocenters. The standard InChI is InChI=1S/C44H38Si2/c1(3-23-37-45(39-25-11-5-12-26-39,40-27-13-6-14-28-40)41-29-15-7-16-30-41)2-4-24-38-46(42-31-17-8-18-32-42,43-33-19-9-20-34-43)44-35-21-10-22-36-44/h5-22,25-36H,1-4H2. The first-order valence-electron chi connectivity index (χ1n) is 16.2. The van der Waals surface area contributed by atoms with Gasteiger partial charge in [0.2, 0.25) is 16.1 Å². The second-order valence-electron chi connectivity index (χ2n) is 11.5. The van der Waals surface area contributed by atoms with Gasteiger partial charge in [0.05, 0.1) is 0 Å². The molecule has 0 amide bonds. The fraction of sp³-hybridized carbons (Fsp3) is 0.0909. The first-order chi connectivity index (χ1) is 22.8. The fourth-order valence-corrected chi connectivity index (χ4v) is 14.2. The molecule has 6 rings (SSSR count). The molecule has 0 saturated carbocycles. The molecule has 0 fully saturated rings. The van der Waals surface area contributed by atoms with Crippen LogP contribution >= 0.6 is 0 Å². The number of hydrogen-bond acceptors (Lipinski definition) is 0. The van der Waals surface area contributed by atoms with E-state index in [4.69, 9.17) is 0 Å². The molecule has 6 aromatic carbocycles. The molecule has 0 radical (unpaired) electrons. The second kappa shape index (κ2) is 15.2. The molecule has 0 aliphatic carbocycles. The lowest BCUT2D eigenvalue weighted by Crippen LogP contribution is -2.66. The Morgan fingerprint density at radius 1 is 0.283 bits per heavy atom. The van der Waals surface area contributed by atoms with E-state index < -0.39 is 16.1 Å². The SMILES string of the molecule is C(#C[Si](c1ccccc1)(c1ccccc1)c1ccccc1)CCCCC#C[Si](c1ccccc1)(c1ccccc1)c1ccccc1. The molecule has 0 atom stereocenters. The van der Waals surface area contributed by atoms with E-state index in [2.05, 4.69) is 205 Å². The predicted octanol–water partition coefficient (Wildman–Crippen LogP) is 5.97. The van der Waals surface area contributed by atoms with Crippen LogP contribution in [0.3, 0.4) is 0 Å². The van der Waals surface area contributed by atoms with Crippen molar-refractivity contribution in [2.75, 3.05) is 0 Å². The molecular formula is C44H38Si2. The average Bonchev–Trinajstić information content (AvgIpc) is 3.15. The summed E-state index contributed by atoms with van der Waals surface area (Å²) in [6.45, 7) is 0. The maximum Gasteiger partial charge on any atom is 0.229 e. The van der Waals surface area contributed by atoms with Gasteiger partial charge >= 0.3 is 0 Å². The smallest absolute Gasteiger partial charge is 0.114 e. The van der Waals surface area contributed by atoms with Gasteiger partial charge < -0.3 is 0 Å². The lowest BCUT2D eigenvalue weighted by Gasteiger charge is -2.28. The molecule has 2 heteroatoms. The van der Waals surface area contributed by atoms with E-state index in [1.807, 2.05) is 0 Å². The van der Waals surface area contributed by atoms with Gasteiger partial charge in [-0.3, -0.25) is 0 Å². The van der Waals surface area contributed by atoms with E-state index in [0.29, 0.717) is 0 Å². The highest BCUT2D eigenvalue weighted by Gasteiger charge is 2.39. The molecule has 46 heavy (non-hydrogen) atoms. The molecule has 0 aromatic heterocycles. The minimum absolute atomic E-state index is 0.863. The second-order valence-corrected chi connectivity index (χ2v) is 18.5. The molecular weight excluding hydrogens is 585 g/mol. The van der Waals surface area contributed by atoms with Crippen molar-refractivity contribution >= 4 is 47.3 Å². The van der Waals surface area contributed by atoms with Crippen LogP contribution < -0.4 is 31.1 Å². The van der Waals surface area contributed by atoms with Gasteiger partial charge in [0.1, 0.15) is 0 Å². The van der Waals surface area contributed by atoms with Gasteiger partial charge in [-0.2, -0.15) is 0 Å². The van der Waals surface area contributed by atoms with Gasteiger partial charge in [-0.15, -0.1) is 22.9 Å². The predicted molar refractivity (Wildman–Crippen MR) is 202 cm³/mol. The summed E-state index contributed by atoms with van der Waals surface area (Å²) in [5.41, 5.74) is 7.84. The minimum atomic E-state index is -2.52. The molecule has 222 valence electrons. The fourth-order valence-electron chi connectivity index (χ4n) is 6.38. The third-order valence-corrected chi connectivity index (χ3v) is 16.9. The van der Waals surface area contributed by atoms with Gasteiger partial charge in [-0.25, -0.2) is 0 Å². The first-order valence-corrected chi connectivity index (χ1v) is 20.2. The molecule has 0 nitrogen and oxygen atoms in total. The Kier molecular flexibility index (Phi) is 10.2. The summed E-state index contributed by atoms with van der Waals surface area (Å²) in [5, 5.41) is 7.97. The maximum atomic E-state index is 3.92. The van der Waals surface area contributed by atoms with Crippen molar-refractivity contribution in [3.05, 3.63) is 182 Å². The monoisotopic (exact) mass is 622 g/mol. The summed E-state index contributed by atoms with van der Waals surface area (Å²) in [5.74, 6) is 7.36. The highest BCUT2D eigenvalue weighted by molar-refractivity contribution is 7.17. The van der Waals surface area contributed by atoms with Crippen LogP contribution in [-0.2, 0) is 0 Å². The molecule has 0 spiro atoms. The molecule has 0 aliphatic rings. The quantitative estimate of drug-likeness (QED) is 0.0807. The molecule has 6 aromatic rings. The largest absolute Gasteiger partial charge is 0.229 e. The zero-order valence-corrected chi connectivity index (χ0v) is 28.1. The summed E-state index contributed by atoms with van der Waals surface area (Å²) in [4.78, 5) is 0. The molecule has 0 N–H and O–H groups in total. The normalized spacial score (nSPS) is 11.0. The Labute approximate surface area is 276 Å². The molecule has 0 heterocycles. The van der Waals surface area contributed by atoms with Crippen LogP contribution in [0.4, 0.5) is 0 Å². The maximum absolute atomic E-state index is 3.92.